The molecule has 0 aliphatic carbocycles. The van der Waals surface area contributed by atoms with Gasteiger partial charge in [0, 0.05) is 92.6 Å². The van der Waals surface area contributed by atoms with Crippen molar-refractivity contribution in [3.05, 3.63) is 88.0 Å². The number of aliphatic carboxylic acids is 1. The Hall–Kier alpha value is -4.80. The zero-order chi connectivity index (χ0) is 47.1. The van der Waals surface area contributed by atoms with Crippen LogP contribution in [0, 0.1) is 0 Å². The molecule has 0 spiro atoms. The molecular weight excluding hydrogens is 839 g/mol. The summed E-state index contributed by atoms with van der Waals surface area (Å²) in [4.78, 5) is 25.2. The van der Waals surface area contributed by atoms with E-state index < -0.39 is 5.97 Å². The summed E-state index contributed by atoms with van der Waals surface area (Å²) in [5, 5.41) is 9.06. The number of carboxylic acids is 1. The second kappa shape index (κ2) is 21.7. The van der Waals surface area contributed by atoms with E-state index in [-0.39, 0.29) is 35.6 Å². The van der Waals surface area contributed by atoms with Gasteiger partial charge in [-0.1, -0.05) is 62.1 Å². The van der Waals surface area contributed by atoms with Gasteiger partial charge >= 0.3 is 11.9 Å². The van der Waals surface area contributed by atoms with E-state index in [1.807, 2.05) is 20.8 Å². The highest BCUT2D eigenvalue weighted by Crippen LogP contribution is 2.52. The maximum atomic E-state index is 11.6. The van der Waals surface area contributed by atoms with Gasteiger partial charge in [-0.2, -0.15) is 9.15 Å². The molecule has 3 atom stereocenters. The Morgan fingerprint density at radius 2 is 1.49 bits per heavy atom. The minimum atomic E-state index is -0.694. The van der Waals surface area contributed by atoms with E-state index in [1.54, 1.807) is 0 Å². The molecule has 0 bridgehead atoms. The lowest BCUT2D eigenvalue weighted by atomic mass is 9.71. The van der Waals surface area contributed by atoms with Gasteiger partial charge < -0.3 is 29.0 Å². The first-order valence-corrected chi connectivity index (χ1v) is 25.9. The Balaban J connectivity index is 0.000000187. The highest BCUT2D eigenvalue weighted by Gasteiger charge is 2.54. The van der Waals surface area contributed by atoms with E-state index in [0.717, 1.165) is 89.5 Å². The van der Waals surface area contributed by atoms with Crippen LogP contribution in [-0.2, 0) is 47.5 Å². The van der Waals surface area contributed by atoms with Crippen molar-refractivity contribution in [2.24, 2.45) is 0 Å². The average molecular weight is 916 g/mol. The van der Waals surface area contributed by atoms with Crippen LogP contribution in [0.2, 0.25) is 0 Å². The number of carboxylic acid groups (broad SMARTS) is 1. The standard InChI is InChI=1S/C32H36N2O3.C25H40NO4/c1-32(15-6-2-3-13-28(35)36)25-11-4-5-12-26(25)34-18-14-27-24(31(32)34)20-22-19-21-9-7-16-33-17-8-10-23(29(21)33)30(22)37-27;1-6-28-23(27)16-10-9-13-18-25(5)20(4)26(22-15-12-11-14-21(22)25)19-17-24(29-7-2)30-8-3/h4-5,11-12,19-20,27H,2-3,6-10,13-18H2,1H3;11-12,14-15,24H,6-10,13,16-19H2,1-5H3/q;+1/p+1. The second-order valence-corrected chi connectivity index (χ2v) is 19.9. The molecule has 360 valence electrons. The van der Waals surface area contributed by atoms with Gasteiger partial charge in [0.1, 0.15) is 11.9 Å². The molecule has 0 saturated heterocycles. The van der Waals surface area contributed by atoms with E-state index >= 15 is 0 Å². The summed E-state index contributed by atoms with van der Waals surface area (Å²) in [6, 6.07) is 20.1. The van der Waals surface area contributed by atoms with Gasteiger partial charge in [0.25, 0.3) is 0 Å². The Morgan fingerprint density at radius 3 is 2.19 bits per heavy atom. The maximum Gasteiger partial charge on any atom is 0.305 e. The van der Waals surface area contributed by atoms with Crippen LogP contribution in [0.25, 0.3) is 6.08 Å². The van der Waals surface area contributed by atoms with Gasteiger partial charge in [0.05, 0.1) is 29.4 Å². The highest BCUT2D eigenvalue weighted by molar-refractivity contribution is 6.11. The molecule has 0 aromatic heterocycles. The molecule has 6 heterocycles. The molecule has 0 saturated carbocycles. The van der Waals surface area contributed by atoms with Crippen molar-refractivity contribution in [2.45, 2.75) is 167 Å². The van der Waals surface area contributed by atoms with Gasteiger partial charge in [-0.15, -0.1) is 0 Å². The number of aryl methyl sites for hydroxylation is 1. The first-order valence-electron chi connectivity index (χ1n) is 25.9. The number of hydrogen-bond acceptors (Lipinski definition) is 7. The Bertz CT molecular complexity index is 2380. The number of hydrogen-bond donors (Lipinski definition) is 1. The summed E-state index contributed by atoms with van der Waals surface area (Å²) in [6.07, 6.45) is 17.6. The van der Waals surface area contributed by atoms with Gasteiger partial charge in [-0.25, -0.2) is 0 Å². The Kier molecular flexibility index (Phi) is 15.7. The second-order valence-electron chi connectivity index (χ2n) is 19.9. The number of rotatable bonds is 20. The number of esters is 1. The van der Waals surface area contributed by atoms with E-state index in [4.69, 9.17) is 24.1 Å². The topological polar surface area (TPSA) is 101 Å². The molecule has 6 aliphatic rings. The predicted molar refractivity (Wildman–Crippen MR) is 267 cm³/mol. The first kappa shape index (κ1) is 48.6. The zero-order valence-corrected chi connectivity index (χ0v) is 41.4. The summed E-state index contributed by atoms with van der Waals surface area (Å²) in [7, 11) is 0. The van der Waals surface area contributed by atoms with Crippen molar-refractivity contribution in [2.75, 3.05) is 50.9 Å². The van der Waals surface area contributed by atoms with Crippen molar-refractivity contribution >= 4 is 46.5 Å². The van der Waals surface area contributed by atoms with Crippen molar-refractivity contribution in [1.29, 1.82) is 0 Å². The van der Waals surface area contributed by atoms with Crippen LogP contribution in [0.15, 0.2) is 60.2 Å². The molecule has 0 fully saturated rings. The van der Waals surface area contributed by atoms with E-state index in [2.05, 4.69) is 95.5 Å². The molecule has 10 heteroatoms. The normalized spacial score (nSPS) is 21.9. The SMILES string of the molecule is CC1(CCCCCC(=O)O)C2=[N+](CCC3Oc4c(cc5c6c4CCCN6CCC5)C=C23)c2ccccc21.CCOC(=O)CCCCCC1(C)C(C)=[N+](CCC(OCC)OCC)c2ccccc21. The number of anilines is 1. The molecule has 9 rings (SSSR count). The average Bonchev–Trinajstić information content (AvgIpc) is 3.71. The molecular formula is C57H77N3O7+2. The highest BCUT2D eigenvalue weighted by atomic mass is 16.7. The lowest BCUT2D eigenvalue weighted by molar-refractivity contribution is -0.444. The summed E-state index contributed by atoms with van der Waals surface area (Å²) in [6.45, 7) is 18.9. The Labute approximate surface area is 400 Å². The summed E-state index contributed by atoms with van der Waals surface area (Å²) < 4.78 is 28.5. The number of carbonyl (C=O) groups excluding carboxylic acids is 1. The summed E-state index contributed by atoms with van der Waals surface area (Å²) in [5.74, 6) is 0.377. The minimum absolute atomic E-state index is 0.0211. The third kappa shape index (κ3) is 10.0. The van der Waals surface area contributed by atoms with Gasteiger partial charge in [-0.3, -0.25) is 9.59 Å². The summed E-state index contributed by atoms with van der Waals surface area (Å²) >= 11 is 0. The molecule has 10 nitrogen and oxygen atoms in total. The predicted octanol–water partition coefficient (Wildman–Crippen LogP) is 11.4. The van der Waals surface area contributed by atoms with Gasteiger partial charge in [-0.05, 0) is 104 Å². The number of ether oxygens (including phenoxy) is 4. The van der Waals surface area contributed by atoms with Crippen LogP contribution >= 0.6 is 0 Å². The lowest BCUT2D eigenvalue weighted by Crippen LogP contribution is -2.44. The van der Waals surface area contributed by atoms with Crippen molar-refractivity contribution < 1.29 is 42.8 Å². The van der Waals surface area contributed by atoms with E-state index in [0.29, 0.717) is 26.2 Å². The van der Waals surface area contributed by atoms with Gasteiger partial charge in [0.15, 0.2) is 30.8 Å². The molecule has 3 aromatic rings. The third-order valence-electron chi connectivity index (χ3n) is 15.6. The number of carbonyl (C=O) groups is 2. The molecule has 0 radical (unpaired) electrons. The molecule has 1 N–H and O–H groups in total. The van der Waals surface area contributed by atoms with Crippen molar-refractivity contribution in [1.82, 2.24) is 0 Å². The van der Waals surface area contributed by atoms with E-state index in [1.165, 1.54) is 94.2 Å². The van der Waals surface area contributed by atoms with Crippen molar-refractivity contribution in [3.8, 4) is 5.75 Å². The van der Waals surface area contributed by atoms with E-state index in [9.17, 15) is 9.59 Å². The van der Waals surface area contributed by atoms with Crippen LogP contribution < -0.4 is 9.64 Å². The lowest BCUT2D eigenvalue weighted by Gasteiger charge is -2.40. The molecule has 67 heavy (non-hydrogen) atoms. The molecule has 3 aromatic carbocycles. The minimum Gasteiger partial charge on any atom is -0.484 e. The monoisotopic (exact) mass is 916 g/mol. The number of para-hydroxylation sites is 2. The largest absolute Gasteiger partial charge is 0.484 e. The third-order valence-corrected chi connectivity index (χ3v) is 15.6. The smallest absolute Gasteiger partial charge is 0.305 e. The summed E-state index contributed by atoms with van der Waals surface area (Å²) in [5.41, 5.74) is 15.3. The maximum absolute atomic E-state index is 11.6. The first-order chi connectivity index (χ1) is 32.5. The number of nitrogens with zero attached hydrogens (tertiary/aromatic N) is 3. The fourth-order valence-electron chi connectivity index (χ4n) is 12.3. The zero-order valence-electron chi connectivity index (χ0n) is 41.4. The molecule has 0 amide bonds. The van der Waals surface area contributed by atoms with Gasteiger partial charge in [0.2, 0.25) is 11.4 Å². The molecule has 3 unspecified atom stereocenters. The van der Waals surface area contributed by atoms with Crippen LogP contribution in [-0.4, -0.2) is 96.0 Å². The quantitative estimate of drug-likeness (QED) is 0.0518. The number of benzene rings is 3. The Morgan fingerprint density at radius 1 is 0.836 bits per heavy atom. The van der Waals surface area contributed by atoms with Crippen LogP contribution in [0.3, 0.4) is 0 Å². The fraction of sp³-hybridized carbons (Fsp3) is 0.579. The van der Waals surface area contributed by atoms with Crippen LogP contribution in [0.5, 0.6) is 5.75 Å². The number of unbranched alkanes of at least 4 members (excludes halogenated alkanes) is 4. The van der Waals surface area contributed by atoms with Crippen molar-refractivity contribution in [3.63, 3.8) is 0 Å². The van der Waals surface area contributed by atoms with Crippen LogP contribution in [0.1, 0.15) is 159 Å². The van der Waals surface area contributed by atoms with Crippen LogP contribution in [0.4, 0.5) is 17.1 Å². The fourth-order valence-corrected chi connectivity index (χ4v) is 12.3. The molecule has 6 aliphatic heterocycles. The number of fused-ring (bicyclic) bond motifs is 7.